The maximum Gasteiger partial charge on any atom is 0.298 e. The molecule has 0 aliphatic heterocycles. The van der Waals surface area contributed by atoms with Crippen molar-refractivity contribution >= 4 is 12.5 Å². The second kappa shape index (κ2) is 9.00. The number of benzene rings is 1. The van der Waals surface area contributed by atoms with Gasteiger partial charge in [0.25, 0.3) is 6.47 Å². The molecule has 1 fully saturated rings. The SMILES string of the molecule is CC1=CC2(/C(C)=C/c3ccc(C)cc3OC=O)CC2C=C1.CCNCC. The number of allylic oxidation sites excluding steroid dienone is 5. The maximum absolute atomic E-state index is 10.7. The first-order chi connectivity index (χ1) is 12.5. The van der Waals surface area contributed by atoms with Crippen molar-refractivity contribution in [2.45, 2.75) is 41.0 Å². The zero-order valence-electron chi connectivity index (χ0n) is 16.6. The van der Waals surface area contributed by atoms with Crippen LogP contribution in [0, 0.1) is 18.3 Å². The Morgan fingerprint density at radius 3 is 2.65 bits per heavy atom. The van der Waals surface area contributed by atoms with Crippen molar-refractivity contribution in [3.8, 4) is 5.75 Å². The van der Waals surface area contributed by atoms with Crippen molar-refractivity contribution in [1.29, 1.82) is 0 Å². The van der Waals surface area contributed by atoms with Gasteiger partial charge < -0.3 is 10.1 Å². The smallest absolute Gasteiger partial charge is 0.298 e. The summed E-state index contributed by atoms with van der Waals surface area (Å²) in [5, 5.41) is 3.11. The van der Waals surface area contributed by atoms with E-state index in [0.29, 0.717) is 18.1 Å². The molecule has 2 aliphatic carbocycles. The molecule has 0 spiro atoms. The average molecular weight is 354 g/mol. The van der Waals surface area contributed by atoms with Crippen molar-refractivity contribution in [2.24, 2.45) is 11.3 Å². The fourth-order valence-corrected chi connectivity index (χ4v) is 3.53. The van der Waals surface area contributed by atoms with Crippen molar-refractivity contribution in [3.05, 3.63) is 58.7 Å². The van der Waals surface area contributed by atoms with Crippen molar-refractivity contribution < 1.29 is 9.53 Å². The summed E-state index contributed by atoms with van der Waals surface area (Å²) >= 11 is 0. The largest absolute Gasteiger partial charge is 0.428 e. The van der Waals surface area contributed by atoms with Crippen LogP contribution in [0.3, 0.4) is 0 Å². The number of fused-ring (bicyclic) bond motifs is 1. The Bertz CT molecular complexity index is 728. The number of hydrogen-bond donors (Lipinski definition) is 1. The molecule has 0 heterocycles. The molecule has 0 aromatic heterocycles. The van der Waals surface area contributed by atoms with E-state index in [-0.39, 0.29) is 5.41 Å². The van der Waals surface area contributed by atoms with E-state index in [1.165, 1.54) is 17.6 Å². The number of carbonyl (C=O) groups is 1. The molecule has 2 unspecified atom stereocenters. The summed E-state index contributed by atoms with van der Waals surface area (Å²) in [7, 11) is 0. The molecule has 0 radical (unpaired) electrons. The van der Waals surface area contributed by atoms with Crippen LogP contribution >= 0.6 is 0 Å². The van der Waals surface area contributed by atoms with Crippen LogP contribution in [0.2, 0.25) is 0 Å². The van der Waals surface area contributed by atoms with E-state index in [0.717, 1.165) is 24.2 Å². The highest BCUT2D eigenvalue weighted by atomic mass is 16.5. The molecule has 3 heteroatoms. The summed E-state index contributed by atoms with van der Waals surface area (Å²) in [6.07, 6.45) is 10.2. The van der Waals surface area contributed by atoms with Gasteiger partial charge >= 0.3 is 0 Å². The Morgan fingerprint density at radius 1 is 1.31 bits per heavy atom. The molecule has 0 bridgehead atoms. The second-order valence-electron chi connectivity index (χ2n) is 7.14. The van der Waals surface area contributed by atoms with E-state index in [4.69, 9.17) is 4.74 Å². The summed E-state index contributed by atoms with van der Waals surface area (Å²) in [5.74, 6) is 1.25. The Kier molecular flexibility index (Phi) is 6.98. The van der Waals surface area contributed by atoms with E-state index < -0.39 is 0 Å². The number of rotatable bonds is 6. The first-order valence-electron chi connectivity index (χ1n) is 9.45. The summed E-state index contributed by atoms with van der Waals surface area (Å²) in [4.78, 5) is 10.7. The zero-order valence-corrected chi connectivity index (χ0v) is 16.6. The van der Waals surface area contributed by atoms with Crippen LogP contribution in [0.4, 0.5) is 0 Å². The lowest BCUT2D eigenvalue weighted by Crippen LogP contribution is -2.09. The lowest BCUT2D eigenvalue weighted by Gasteiger charge is -2.17. The first-order valence-corrected chi connectivity index (χ1v) is 9.45. The van der Waals surface area contributed by atoms with Gasteiger partial charge in [0.05, 0.1) is 0 Å². The van der Waals surface area contributed by atoms with Crippen LogP contribution < -0.4 is 10.1 Å². The zero-order chi connectivity index (χ0) is 19.2. The Hall–Kier alpha value is -2.13. The molecule has 1 N–H and O–H groups in total. The quantitative estimate of drug-likeness (QED) is 0.726. The van der Waals surface area contributed by atoms with Gasteiger partial charge in [0, 0.05) is 11.0 Å². The predicted molar refractivity (Wildman–Crippen MR) is 109 cm³/mol. The topological polar surface area (TPSA) is 38.3 Å². The maximum atomic E-state index is 10.7. The fourth-order valence-electron chi connectivity index (χ4n) is 3.53. The van der Waals surface area contributed by atoms with Crippen LogP contribution in [-0.4, -0.2) is 19.6 Å². The van der Waals surface area contributed by atoms with Crippen LogP contribution in [0.25, 0.3) is 6.08 Å². The van der Waals surface area contributed by atoms with E-state index in [9.17, 15) is 4.79 Å². The average Bonchev–Trinajstić information content (AvgIpc) is 3.34. The molecule has 0 saturated heterocycles. The van der Waals surface area contributed by atoms with Crippen molar-refractivity contribution in [3.63, 3.8) is 0 Å². The summed E-state index contributed by atoms with van der Waals surface area (Å²) in [5.41, 5.74) is 4.88. The highest BCUT2D eigenvalue weighted by molar-refractivity contribution is 5.65. The number of nitrogens with one attached hydrogen (secondary N) is 1. The molecule has 3 rings (SSSR count). The van der Waals surface area contributed by atoms with Gasteiger partial charge in [0.15, 0.2) is 0 Å². The van der Waals surface area contributed by atoms with Gasteiger partial charge in [-0.1, -0.05) is 61.4 Å². The van der Waals surface area contributed by atoms with Gasteiger partial charge in [-0.2, -0.15) is 0 Å². The monoisotopic (exact) mass is 353 g/mol. The predicted octanol–water partition coefficient (Wildman–Crippen LogP) is 5.07. The van der Waals surface area contributed by atoms with E-state index in [1.807, 2.05) is 25.1 Å². The van der Waals surface area contributed by atoms with Crippen molar-refractivity contribution in [2.75, 3.05) is 13.1 Å². The third-order valence-electron chi connectivity index (χ3n) is 5.09. The van der Waals surface area contributed by atoms with Gasteiger partial charge in [-0.3, -0.25) is 4.79 Å². The highest BCUT2D eigenvalue weighted by Crippen LogP contribution is 2.62. The molecule has 26 heavy (non-hydrogen) atoms. The molecule has 0 amide bonds. The van der Waals surface area contributed by atoms with Gasteiger partial charge in [-0.25, -0.2) is 0 Å². The molecular weight excluding hydrogens is 322 g/mol. The van der Waals surface area contributed by atoms with Crippen LogP contribution in [-0.2, 0) is 4.79 Å². The van der Waals surface area contributed by atoms with E-state index in [2.05, 4.69) is 57.3 Å². The minimum atomic E-state index is 0.183. The third kappa shape index (κ3) is 4.73. The van der Waals surface area contributed by atoms with E-state index >= 15 is 0 Å². The molecule has 2 atom stereocenters. The Balaban J connectivity index is 0.000000431. The fraction of sp³-hybridized carbons (Fsp3) is 0.435. The van der Waals surface area contributed by atoms with Crippen LogP contribution in [0.5, 0.6) is 5.75 Å². The molecule has 1 aromatic rings. The summed E-state index contributed by atoms with van der Waals surface area (Å²) in [6.45, 7) is 13.2. The number of hydrogen-bond acceptors (Lipinski definition) is 3. The van der Waals surface area contributed by atoms with Crippen LogP contribution in [0.15, 0.2) is 47.6 Å². The van der Waals surface area contributed by atoms with E-state index in [1.54, 1.807) is 0 Å². The van der Waals surface area contributed by atoms with Gasteiger partial charge in [0.2, 0.25) is 0 Å². The molecule has 140 valence electrons. The Morgan fingerprint density at radius 2 is 2.04 bits per heavy atom. The van der Waals surface area contributed by atoms with Gasteiger partial charge in [-0.15, -0.1) is 0 Å². The molecule has 3 nitrogen and oxygen atoms in total. The van der Waals surface area contributed by atoms with Gasteiger partial charge in [0.1, 0.15) is 5.75 Å². The minimum Gasteiger partial charge on any atom is -0.428 e. The number of aryl methyl sites for hydroxylation is 1. The van der Waals surface area contributed by atoms with Crippen molar-refractivity contribution in [1.82, 2.24) is 5.32 Å². The van der Waals surface area contributed by atoms with Crippen LogP contribution in [0.1, 0.15) is 45.2 Å². The summed E-state index contributed by atoms with van der Waals surface area (Å²) in [6, 6.07) is 5.96. The first kappa shape index (κ1) is 20.2. The summed E-state index contributed by atoms with van der Waals surface area (Å²) < 4.78 is 5.12. The lowest BCUT2D eigenvalue weighted by atomic mass is 9.87. The third-order valence-corrected chi connectivity index (χ3v) is 5.09. The van der Waals surface area contributed by atoms with Gasteiger partial charge in [-0.05, 0) is 57.8 Å². The normalized spacial score (nSPS) is 23.3. The minimum absolute atomic E-state index is 0.183. The lowest BCUT2D eigenvalue weighted by molar-refractivity contribution is -0.120. The standard InChI is InChI=1S/C19H20O2.C4H11N/c1-13-4-6-16(18(8-13)21-12-20)9-15(3)19-10-14(2)5-7-17(19)11-19;1-3-5-4-2/h4-10,12,17H,11H2,1-3H3;5H,3-4H2,1-2H3/b15-9+;. The number of carbonyl (C=O) groups excluding carboxylic acids is 1. The molecule has 1 aromatic carbocycles. The number of ether oxygens (including phenoxy) is 1. The highest BCUT2D eigenvalue weighted by Gasteiger charge is 2.52. The molecule has 2 aliphatic rings. The second-order valence-corrected chi connectivity index (χ2v) is 7.14. The molecular formula is C23H31NO2. The molecule has 1 saturated carbocycles. The Labute approximate surface area is 157 Å².